The van der Waals surface area contributed by atoms with Crippen LogP contribution in [0.15, 0.2) is 36.4 Å². The van der Waals surface area contributed by atoms with Gasteiger partial charge in [-0.15, -0.1) is 0 Å². The third-order valence-electron chi connectivity index (χ3n) is 2.32. The largest absolute Gasteiger partial charge is 0.298 e. The third-order valence-corrected chi connectivity index (χ3v) is 2.53. The Bertz CT molecular complexity index is 617. The number of aldehydes is 1. The quantitative estimate of drug-likeness (QED) is 0.601. The second kappa shape index (κ2) is 4.77. The maximum atomic E-state index is 11.0. The predicted octanol–water partition coefficient (Wildman–Crippen LogP) is 3.09. The van der Waals surface area contributed by atoms with Crippen LogP contribution in [0.1, 0.15) is 15.9 Å². The van der Waals surface area contributed by atoms with Crippen LogP contribution in [0.2, 0.25) is 5.15 Å². The van der Waals surface area contributed by atoms with E-state index in [0.29, 0.717) is 33.8 Å². The molecular formula is C13H7ClN2O. The Morgan fingerprint density at radius 1 is 1.24 bits per heavy atom. The monoisotopic (exact) mass is 242 g/mol. The van der Waals surface area contributed by atoms with Crippen molar-refractivity contribution in [3.63, 3.8) is 0 Å². The highest BCUT2D eigenvalue weighted by atomic mass is 35.5. The Morgan fingerprint density at radius 2 is 2.00 bits per heavy atom. The van der Waals surface area contributed by atoms with Crippen molar-refractivity contribution in [3.05, 3.63) is 52.7 Å². The Kier molecular flexibility index (Phi) is 3.17. The number of hydrogen-bond donors (Lipinski definition) is 0. The van der Waals surface area contributed by atoms with Gasteiger partial charge in [-0.25, -0.2) is 4.98 Å². The van der Waals surface area contributed by atoms with Crippen LogP contribution in [0, 0.1) is 11.3 Å². The molecule has 0 aliphatic carbocycles. The number of hydrogen-bond acceptors (Lipinski definition) is 3. The van der Waals surface area contributed by atoms with Crippen molar-refractivity contribution in [2.45, 2.75) is 0 Å². The van der Waals surface area contributed by atoms with E-state index in [-0.39, 0.29) is 0 Å². The first kappa shape index (κ1) is 11.3. The van der Waals surface area contributed by atoms with E-state index in [9.17, 15) is 4.79 Å². The smallest absolute Gasteiger partial charge is 0.150 e. The van der Waals surface area contributed by atoms with Crippen LogP contribution in [0.3, 0.4) is 0 Å². The van der Waals surface area contributed by atoms with E-state index >= 15 is 0 Å². The second-order valence-electron chi connectivity index (χ2n) is 3.35. The zero-order chi connectivity index (χ0) is 12.3. The van der Waals surface area contributed by atoms with E-state index in [0.717, 1.165) is 0 Å². The molecule has 0 N–H and O–H groups in total. The van der Waals surface area contributed by atoms with Gasteiger partial charge in [0.25, 0.3) is 0 Å². The normalized spacial score (nSPS) is 9.65. The number of halogens is 1. The van der Waals surface area contributed by atoms with Crippen LogP contribution >= 0.6 is 11.6 Å². The van der Waals surface area contributed by atoms with E-state index in [1.165, 1.54) is 0 Å². The molecule has 17 heavy (non-hydrogen) atoms. The van der Waals surface area contributed by atoms with Crippen LogP contribution < -0.4 is 0 Å². The molecule has 1 aromatic heterocycles. The lowest BCUT2D eigenvalue weighted by Crippen LogP contribution is -1.94. The highest BCUT2D eigenvalue weighted by Crippen LogP contribution is 2.25. The molecule has 0 spiro atoms. The summed E-state index contributed by atoms with van der Waals surface area (Å²) in [6.45, 7) is 0. The van der Waals surface area contributed by atoms with Gasteiger partial charge < -0.3 is 0 Å². The van der Waals surface area contributed by atoms with Crippen LogP contribution in [-0.2, 0) is 0 Å². The molecular weight excluding hydrogens is 236 g/mol. The van der Waals surface area contributed by atoms with Crippen molar-refractivity contribution in [2.24, 2.45) is 0 Å². The number of nitrogens with zero attached hydrogens (tertiary/aromatic N) is 2. The molecule has 0 aliphatic heterocycles. The van der Waals surface area contributed by atoms with Gasteiger partial charge in [0.15, 0.2) is 6.29 Å². The van der Waals surface area contributed by atoms with Crippen molar-refractivity contribution in [1.29, 1.82) is 5.26 Å². The van der Waals surface area contributed by atoms with Gasteiger partial charge in [-0.3, -0.25) is 4.79 Å². The van der Waals surface area contributed by atoms with Gasteiger partial charge in [0.05, 0.1) is 17.3 Å². The van der Waals surface area contributed by atoms with Gasteiger partial charge in [-0.1, -0.05) is 29.8 Å². The van der Waals surface area contributed by atoms with Gasteiger partial charge in [-0.2, -0.15) is 5.26 Å². The summed E-state index contributed by atoms with van der Waals surface area (Å²) in [6, 6.07) is 12.1. The van der Waals surface area contributed by atoms with Crippen LogP contribution in [0.5, 0.6) is 0 Å². The third kappa shape index (κ3) is 2.17. The summed E-state index contributed by atoms with van der Waals surface area (Å²) in [5, 5.41) is 9.37. The Hall–Kier alpha value is -2.18. The molecule has 1 heterocycles. The predicted molar refractivity (Wildman–Crippen MR) is 64.8 cm³/mol. The van der Waals surface area contributed by atoms with Gasteiger partial charge >= 0.3 is 0 Å². The summed E-state index contributed by atoms with van der Waals surface area (Å²) < 4.78 is 0. The van der Waals surface area contributed by atoms with Gasteiger partial charge in [0.1, 0.15) is 5.15 Å². The fraction of sp³-hybridized carbons (Fsp3) is 0. The summed E-state index contributed by atoms with van der Waals surface area (Å²) >= 11 is 5.80. The first-order valence-corrected chi connectivity index (χ1v) is 5.25. The minimum absolute atomic E-state index is 0.326. The lowest BCUT2D eigenvalue weighted by molar-refractivity contribution is 0.112. The molecule has 0 saturated carbocycles. The number of carbonyl (C=O) groups is 1. The fourth-order valence-corrected chi connectivity index (χ4v) is 1.76. The first-order valence-electron chi connectivity index (χ1n) is 4.87. The summed E-state index contributed by atoms with van der Waals surface area (Å²) in [5.74, 6) is 0. The fourth-order valence-electron chi connectivity index (χ4n) is 1.59. The molecule has 0 bridgehead atoms. The van der Waals surface area contributed by atoms with E-state index in [2.05, 4.69) is 4.98 Å². The van der Waals surface area contributed by atoms with E-state index in [4.69, 9.17) is 16.9 Å². The molecule has 0 fully saturated rings. The highest BCUT2D eigenvalue weighted by molar-refractivity contribution is 6.29. The lowest BCUT2D eigenvalue weighted by Gasteiger charge is -2.06. The maximum absolute atomic E-state index is 11.0. The van der Waals surface area contributed by atoms with Crippen LogP contribution in [-0.4, -0.2) is 11.3 Å². The Morgan fingerprint density at radius 3 is 2.65 bits per heavy atom. The zero-order valence-electron chi connectivity index (χ0n) is 8.72. The summed E-state index contributed by atoms with van der Waals surface area (Å²) in [7, 11) is 0. The van der Waals surface area contributed by atoms with E-state index in [1.807, 2.05) is 6.07 Å². The minimum atomic E-state index is 0.326. The molecule has 3 nitrogen and oxygen atoms in total. The summed E-state index contributed by atoms with van der Waals surface area (Å²) in [4.78, 5) is 15.1. The molecule has 4 heteroatoms. The highest BCUT2D eigenvalue weighted by Gasteiger charge is 2.11. The van der Waals surface area contributed by atoms with Crippen molar-refractivity contribution >= 4 is 17.9 Å². The molecule has 0 unspecified atom stereocenters. The van der Waals surface area contributed by atoms with Crippen LogP contribution in [0.25, 0.3) is 11.3 Å². The number of aromatic nitrogens is 1. The maximum Gasteiger partial charge on any atom is 0.150 e. The summed E-state index contributed by atoms with van der Waals surface area (Å²) in [6.07, 6.45) is 0.707. The SMILES string of the molecule is N#Cc1cccc(C=O)c1-c1cccc(Cl)n1. The molecule has 2 aromatic rings. The van der Waals surface area contributed by atoms with Gasteiger partial charge in [0.2, 0.25) is 0 Å². The average molecular weight is 243 g/mol. The van der Waals surface area contributed by atoms with Crippen LogP contribution in [0.4, 0.5) is 0 Å². The number of nitriles is 1. The molecule has 0 saturated heterocycles. The number of pyridine rings is 1. The van der Waals surface area contributed by atoms with Gasteiger partial charge in [0, 0.05) is 11.1 Å². The minimum Gasteiger partial charge on any atom is -0.298 e. The van der Waals surface area contributed by atoms with E-state index in [1.54, 1.807) is 36.4 Å². The van der Waals surface area contributed by atoms with Crippen molar-refractivity contribution in [1.82, 2.24) is 4.98 Å². The molecule has 82 valence electrons. The molecule has 0 amide bonds. The zero-order valence-corrected chi connectivity index (χ0v) is 9.48. The van der Waals surface area contributed by atoms with Crippen molar-refractivity contribution in [2.75, 3.05) is 0 Å². The average Bonchev–Trinajstić information content (AvgIpc) is 2.37. The molecule has 0 atom stereocenters. The number of carbonyl (C=O) groups excluding carboxylic acids is 1. The van der Waals surface area contributed by atoms with Crippen molar-refractivity contribution in [3.8, 4) is 17.3 Å². The lowest BCUT2D eigenvalue weighted by atomic mass is 9.99. The summed E-state index contributed by atoms with van der Waals surface area (Å²) in [5.41, 5.74) is 1.88. The first-order chi connectivity index (χ1) is 8.26. The number of rotatable bonds is 2. The molecule has 0 aliphatic rings. The van der Waals surface area contributed by atoms with Crippen molar-refractivity contribution < 1.29 is 4.79 Å². The second-order valence-corrected chi connectivity index (χ2v) is 3.73. The Balaban J connectivity index is 2.74. The molecule has 2 rings (SSSR count). The topological polar surface area (TPSA) is 53.8 Å². The van der Waals surface area contributed by atoms with E-state index < -0.39 is 0 Å². The van der Waals surface area contributed by atoms with Gasteiger partial charge in [-0.05, 0) is 18.2 Å². The molecule has 1 aromatic carbocycles. The molecule has 0 radical (unpaired) electrons. The Labute approximate surface area is 103 Å². The number of benzene rings is 1. The standard InChI is InChI=1S/C13H7ClN2O/c14-12-6-2-5-11(16-12)13-9(7-15)3-1-4-10(13)8-17/h1-6,8H.